The molecule has 1 aromatic heterocycles. The van der Waals surface area contributed by atoms with E-state index in [4.69, 9.17) is 0 Å². The summed E-state index contributed by atoms with van der Waals surface area (Å²) in [5, 5.41) is 0. The van der Waals surface area contributed by atoms with Gasteiger partial charge in [-0.1, -0.05) is 37.1 Å². The molecular formula is C22H24FN3O. The zero-order valence-corrected chi connectivity index (χ0v) is 15.4. The van der Waals surface area contributed by atoms with Crippen LogP contribution in [0.1, 0.15) is 32.1 Å². The Labute approximate surface area is 158 Å². The largest absolute Gasteiger partial charge is 0.343 e. The van der Waals surface area contributed by atoms with Crippen LogP contribution in [0.5, 0.6) is 0 Å². The fourth-order valence-electron chi connectivity index (χ4n) is 3.84. The van der Waals surface area contributed by atoms with Gasteiger partial charge in [-0.25, -0.2) is 9.37 Å². The van der Waals surface area contributed by atoms with E-state index in [1.54, 1.807) is 12.1 Å². The molecule has 0 N–H and O–H groups in total. The Morgan fingerprint density at radius 1 is 0.963 bits per heavy atom. The van der Waals surface area contributed by atoms with Crippen LogP contribution in [-0.4, -0.2) is 33.4 Å². The van der Waals surface area contributed by atoms with Gasteiger partial charge in [-0.2, -0.15) is 0 Å². The second-order valence-electron chi connectivity index (χ2n) is 7.10. The van der Waals surface area contributed by atoms with Crippen LogP contribution >= 0.6 is 0 Å². The summed E-state index contributed by atoms with van der Waals surface area (Å²) >= 11 is 0. The number of benzene rings is 2. The van der Waals surface area contributed by atoms with Crippen LogP contribution in [0, 0.1) is 5.82 Å². The summed E-state index contributed by atoms with van der Waals surface area (Å²) < 4.78 is 16.4. The Kier molecular flexibility index (Phi) is 5.19. The zero-order chi connectivity index (χ0) is 18.6. The minimum Gasteiger partial charge on any atom is -0.343 e. The highest BCUT2D eigenvalue weighted by molar-refractivity contribution is 5.81. The Morgan fingerprint density at radius 2 is 1.67 bits per heavy atom. The maximum atomic E-state index is 14.4. The number of imidazole rings is 1. The van der Waals surface area contributed by atoms with E-state index in [1.807, 2.05) is 39.8 Å². The molecule has 0 unspecified atom stereocenters. The molecule has 1 amide bonds. The summed E-state index contributed by atoms with van der Waals surface area (Å²) in [5.74, 6) is 0.458. The van der Waals surface area contributed by atoms with E-state index in [-0.39, 0.29) is 11.7 Å². The molecule has 0 aliphatic carbocycles. The van der Waals surface area contributed by atoms with E-state index in [9.17, 15) is 9.18 Å². The van der Waals surface area contributed by atoms with Crippen molar-refractivity contribution in [1.29, 1.82) is 0 Å². The molecule has 0 saturated carbocycles. The first-order valence-electron chi connectivity index (χ1n) is 9.72. The molecule has 3 aromatic rings. The molecule has 27 heavy (non-hydrogen) atoms. The summed E-state index contributed by atoms with van der Waals surface area (Å²) in [7, 11) is 0. The number of carbonyl (C=O) groups excluding carboxylic acids is 1. The topological polar surface area (TPSA) is 38.1 Å². The number of para-hydroxylation sites is 2. The van der Waals surface area contributed by atoms with Crippen LogP contribution in [-0.2, 0) is 11.3 Å². The van der Waals surface area contributed by atoms with Crippen molar-refractivity contribution in [2.75, 3.05) is 13.1 Å². The number of carbonyl (C=O) groups is 1. The van der Waals surface area contributed by atoms with Crippen molar-refractivity contribution in [2.45, 2.75) is 38.6 Å². The van der Waals surface area contributed by atoms with Crippen LogP contribution in [0.3, 0.4) is 0 Å². The highest BCUT2D eigenvalue weighted by Gasteiger charge is 2.19. The third-order valence-electron chi connectivity index (χ3n) is 5.28. The maximum absolute atomic E-state index is 14.4. The van der Waals surface area contributed by atoms with Gasteiger partial charge in [-0.15, -0.1) is 0 Å². The minimum atomic E-state index is -0.298. The molecule has 1 aliphatic heterocycles. The molecule has 0 atom stereocenters. The lowest BCUT2D eigenvalue weighted by Gasteiger charge is -2.20. The lowest BCUT2D eigenvalue weighted by molar-refractivity contribution is -0.131. The highest BCUT2D eigenvalue weighted by atomic mass is 19.1. The van der Waals surface area contributed by atoms with Crippen molar-refractivity contribution in [3.05, 3.63) is 54.3 Å². The molecule has 4 rings (SSSR count). The number of aromatic nitrogens is 2. The summed E-state index contributed by atoms with van der Waals surface area (Å²) in [4.78, 5) is 19.3. The molecule has 1 fully saturated rings. The van der Waals surface area contributed by atoms with E-state index in [0.717, 1.165) is 37.0 Å². The molecule has 0 spiro atoms. The smallest absolute Gasteiger partial charge is 0.224 e. The monoisotopic (exact) mass is 365 g/mol. The van der Waals surface area contributed by atoms with Crippen LogP contribution < -0.4 is 0 Å². The zero-order valence-electron chi connectivity index (χ0n) is 15.4. The average molecular weight is 365 g/mol. The summed E-state index contributed by atoms with van der Waals surface area (Å²) in [5.41, 5.74) is 2.22. The van der Waals surface area contributed by atoms with Crippen LogP contribution in [0.4, 0.5) is 4.39 Å². The number of halogens is 1. The molecule has 1 saturated heterocycles. The minimum absolute atomic E-state index is 0.175. The van der Waals surface area contributed by atoms with Gasteiger partial charge in [0.1, 0.15) is 11.6 Å². The number of nitrogens with zero attached hydrogens (tertiary/aromatic N) is 3. The first-order chi connectivity index (χ1) is 13.2. The third-order valence-corrected chi connectivity index (χ3v) is 5.28. The summed E-state index contributed by atoms with van der Waals surface area (Å²) in [6, 6.07) is 14.4. The standard InChI is InChI=1S/C22H24FN3O/c23-18-10-4-3-9-17(18)22-24-19-11-5-6-12-20(19)26(22)16-13-21(27)25-14-7-1-2-8-15-25/h3-6,9-12H,1-2,7-8,13-16H2. The Balaban J connectivity index is 1.63. The van der Waals surface area contributed by atoms with E-state index in [0.29, 0.717) is 24.4 Å². The molecular weight excluding hydrogens is 341 g/mol. The first kappa shape index (κ1) is 17.7. The predicted octanol–water partition coefficient (Wildman–Crippen LogP) is 4.64. The molecule has 1 aliphatic rings. The highest BCUT2D eigenvalue weighted by Crippen LogP contribution is 2.27. The first-order valence-corrected chi connectivity index (χ1v) is 9.72. The van der Waals surface area contributed by atoms with Gasteiger partial charge in [-0.3, -0.25) is 4.79 Å². The van der Waals surface area contributed by atoms with E-state index < -0.39 is 0 Å². The van der Waals surface area contributed by atoms with Crippen LogP contribution in [0.2, 0.25) is 0 Å². The molecule has 0 radical (unpaired) electrons. The number of hydrogen-bond acceptors (Lipinski definition) is 2. The summed E-state index contributed by atoms with van der Waals surface area (Å²) in [6.45, 7) is 2.20. The molecule has 2 heterocycles. The number of rotatable bonds is 4. The average Bonchev–Trinajstić information content (AvgIpc) is 2.85. The van der Waals surface area contributed by atoms with Crippen molar-refractivity contribution in [2.24, 2.45) is 0 Å². The third kappa shape index (κ3) is 3.72. The Bertz CT molecular complexity index is 942. The van der Waals surface area contributed by atoms with Crippen LogP contribution in [0.15, 0.2) is 48.5 Å². The van der Waals surface area contributed by atoms with Crippen LogP contribution in [0.25, 0.3) is 22.4 Å². The predicted molar refractivity (Wildman–Crippen MR) is 105 cm³/mol. The normalized spacial score (nSPS) is 15.1. The van der Waals surface area contributed by atoms with E-state index >= 15 is 0 Å². The number of amides is 1. The second kappa shape index (κ2) is 7.91. The summed E-state index contributed by atoms with van der Waals surface area (Å²) in [6.07, 6.45) is 4.98. The van der Waals surface area contributed by atoms with Gasteiger partial charge in [0, 0.05) is 26.1 Å². The van der Waals surface area contributed by atoms with Gasteiger partial charge in [0.25, 0.3) is 0 Å². The van der Waals surface area contributed by atoms with Gasteiger partial charge in [0.05, 0.1) is 16.6 Å². The van der Waals surface area contributed by atoms with Crippen molar-refractivity contribution >= 4 is 16.9 Å². The van der Waals surface area contributed by atoms with E-state index in [1.165, 1.54) is 18.9 Å². The fourth-order valence-corrected chi connectivity index (χ4v) is 3.84. The van der Waals surface area contributed by atoms with Crippen molar-refractivity contribution in [1.82, 2.24) is 14.5 Å². The van der Waals surface area contributed by atoms with Gasteiger partial charge < -0.3 is 9.47 Å². The maximum Gasteiger partial charge on any atom is 0.224 e. The number of hydrogen-bond donors (Lipinski definition) is 0. The van der Waals surface area contributed by atoms with Gasteiger partial charge in [0.2, 0.25) is 5.91 Å². The molecule has 4 nitrogen and oxygen atoms in total. The molecule has 5 heteroatoms. The van der Waals surface area contributed by atoms with Crippen molar-refractivity contribution in [3.63, 3.8) is 0 Å². The SMILES string of the molecule is O=C(CCn1c(-c2ccccc2F)nc2ccccc21)N1CCCCCC1. The Hall–Kier alpha value is -2.69. The molecule has 2 aromatic carbocycles. The fraction of sp³-hybridized carbons (Fsp3) is 0.364. The molecule has 140 valence electrons. The quantitative estimate of drug-likeness (QED) is 0.676. The number of aryl methyl sites for hydroxylation is 1. The number of likely N-dealkylation sites (tertiary alicyclic amines) is 1. The van der Waals surface area contributed by atoms with E-state index in [2.05, 4.69) is 4.98 Å². The number of fused-ring (bicyclic) bond motifs is 1. The Morgan fingerprint density at radius 3 is 2.44 bits per heavy atom. The lowest BCUT2D eigenvalue weighted by Crippen LogP contribution is -2.32. The van der Waals surface area contributed by atoms with Crippen molar-refractivity contribution in [3.8, 4) is 11.4 Å². The van der Waals surface area contributed by atoms with Gasteiger partial charge >= 0.3 is 0 Å². The lowest BCUT2D eigenvalue weighted by atomic mass is 10.2. The molecule has 0 bridgehead atoms. The second-order valence-corrected chi connectivity index (χ2v) is 7.10. The van der Waals surface area contributed by atoms with Gasteiger partial charge in [0.15, 0.2) is 0 Å². The van der Waals surface area contributed by atoms with Gasteiger partial charge in [-0.05, 0) is 37.1 Å². The van der Waals surface area contributed by atoms with Crippen molar-refractivity contribution < 1.29 is 9.18 Å².